The molecule has 0 heterocycles. The monoisotopic (exact) mass is 208 g/mol. The van der Waals surface area contributed by atoms with Gasteiger partial charge in [0.25, 0.3) is 0 Å². The summed E-state index contributed by atoms with van der Waals surface area (Å²) in [6.07, 6.45) is 0.968. The fourth-order valence-corrected chi connectivity index (χ4v) is 1.19. The summed E-state index contributed by atoms with van der Waals surface area (Å²) in [5, 5.41) is 2.25. The van der Waals surface area contributed by atoms with Crippen LogP contribution in [0.25, 0.3) is 0 Å². The fourth-order valence-electron chi connectivity index (χ4n) is 0.614. The molecular weight excluding hydrogens is 196 g/mol. The Balaban J connectivity index is 3.71. The molecular formula is C6H12N2O4S. The van der Waals surface area contributed by atoms with Crippen LogP contribution in [0.2, 0.25) is 0 Å². The zero-order chi connectivity index (χ0) is 10.5. The molecule has 7 heteroatoms. The Bertz CT molecular complexity index is 296. The summed E-state index contributed by atoms with van der Waals surface area (Å²) in [4.78, 5) is 21.0. The number of nitrogens with one attached hydrogen (secondary N) is 1. The first kappa shape index (κ1) is 11.9. The van der Waals surface area contributed by atoms with Crippen molar-refractivity contribution >= 4 is 21.7 Å². The van der Waals surface area contributed by atoms with Gasteiger partial charge in [-0.25, -0.2) is 8.42 Å². The normalized spacial score (nSPS) is 10.8. The largest absolute Gasteiger partial charge is 0.370 e. The number of hydrogen-bond donors (Lipinski definition) is 2. The summed E-state index contributed by atoms with van der Waals surface area (Å²) in [6.45, 7) is 0.0731. The second kappa shape index (κ2) is 4.80. The first-order valence-electron chi connectivity index (χ1n) is 3.54. The quantitative estimate of drug-likeness (QED) is 0.546. The molecule has 0 rings (SSSR count). The van der Waals surface area contributed by atoms with Crippen molar-refractivity contribution in [2.75, 3.05) is 18.6 Å². The molecule has 76 valence electrons. The molecule has 0 spiro atoms. The summed E-state index contributed by atoms with van der Waals surface area (Å²) in [5.41, 5.74) is 4.80. The molecule has 0 radical (unpaired) electrons. The average molecular weight is 208 g/mol. The maximum absolute atomic E-state index is 10.8. The van der Waals surface area contributed by atoms with E-state index in [1.807, 2.05) is 0 Å². The molecule has 0 fully saturated rings. The van der Waals surface area contributed by atoms with Crippen LogP contribution in [0.5, 0.6) is 0 Å². The van der Waals surface area contributed by atoms with E-state index in [0.29, 0.717) is 0 Å². The van der Waals surface area contributed by atoms with Gasteiger partial charge in [-0.15, -0.1) is 0 Å². The van der Waals surface area contributed by atoms with Crippen LogP contribution < -0.4 is 11.1 Å². The Morgan fingerprint density at radius 1 is 1.38 bits per heavy atom. The topological polar surface area (TPSA) is 106 Å². The smallest absolute Gasteiger partial charge is 0.235 e. The first-order chi connectivity index (χ1) is 5.81. The lowest BCUT2D eigenvalue weighted by Crippen LogP contribution is -2.32. The van der Waals surface area contributed by atoms with E-state index in [1.54, 1.807) is 0 Å². The van der Waals surface area contributed by atoms with Crippen molar-refractivity contribution in [1.82, 2.24) is 5.32 Å². The lowest BCUT2D eigenvalue weighted by atomic mass is 10.4. The Labute approximate surface area is 76.4 Å². The van der Waals surface area contributed by atoms with E-state index in [0.717, 1.165) is 6.26 Å². The highest BCUT2D eigenvalue weighted by Gasteiger charge is 2.09. The molecule has 0 saturated carbocycles. The molecule has 0 saturated heterocycles. The van der Waals surface area contributed by atoms with Gasteiger partial charge in [0.05, 0.1) is 0 Å². The molecule has 0 aliphatic heterocycles. The van der Waals surface area contributed by atoms with Crippen molar-refractivity contribution < 1.29 is 18.0 Å². The van der Waals surface area contributed by atoms with Crippen LogP contribution >= 0.6 is 0 Å². The summed E-state index contributed by atoms with van der Waals surface area (Å²) in [5.74, 6) is -1.73. The number of sulfone groups is 1. The number of amides is 2. The summed E-state index contributed by atoms with van der Waals surface area (Å²) < 4.78 is 21.2. The molecule has 3 N–H and O–H groups in total. The van der Waals surface area contributed by atoms with Gasteiger partial charge in [0, 0.05) is 19.2 Å². The summed E-state index contributed by atoms with van der Waals surface area (Å²) in [7, 11) is -3.30. The van der Waals surface area contributed by atoms with Crippen molar-refractivity contribution in [2.45, 2.75) is 6.42 Å². The van der Waals surface area contributed by atoms with Crippen LogP contribution in [-0.4, -0.2) is 38.8 Å². The highest BCUT2D eigenvalue weighted by atomic mass is 32.2. The van der Waals surface area contributed by atoms with Gasteiger partial charge in [-0.1, -0.05) is 0 Å². The second-order valence-corrected chi connectivity index (χ2v) is 4.78. The van der Waals surface area contributed by atoms with Gasteiger partial charge in [-0.3, -0.25) is 9.59 Å². The third kappa shape index (κ3) is 8.80. The predicted molar refractivity (Wildman–Crippen MR) is 46.5 cm³/mol. The minimum atomic E-state index is -3.30. The summed E-state index contributed by atoms with van der Waals surface area (Å²) >= 11 is 0. The van der Waals surface area contributed by atoms with E-state index in [-0.39, 0.29) is 13.0 Å². The highest BCUT2D eigenvalue weighted by molar-refractivity contribution is 7.91. The number of nitrogens with two attached hydrogens (primary N) is 1. The first-order valence-corrected chi connectivity index (χ1v) is 5.60. The summed E-state index contributed by atoms with van der Waals surface area (Å²) in [6, 6.07) is 0. The Kier molecular flexibility index (Phi) is 4.39. The SMILES string of the molecule is CS(=O)(=O)CC(=O)NCCC(N)=O. The molecule has 0 atom stereocenters. The van der Waals surface area contributed by atoms with Crippen LogP contribution in [0, 0.1) is 0 Å². The molecule has 0 unspecified atom stereocenters. The van der Waals surface area contributed by atoms with Crippen LogP contribution in [-0.2, 0) is 19.4 Å². The van der Waals surface area contributed by atoms with Crippen molar-refractivity contribution in [1.29, 1.82) is 0 Å². The van der Waals surface area contributed by atoms with E-state index >= 15 is 0 Å². The van der Waals surface area contributed by atoms with Crippen molar-refractivity contribution in [3.63, 3.8) is 0 Å². The van der Waals surface area contributed by atoms with Crippen LogP contribution in [0.3, 0.4) is 0 Å². The number of carbonyl (C=O) groups is 2. The van der Waals surface area contributed by atoms with Crippen LogP contribution in [0.1, 0.15) is 6.42 Å². The minimum absolute atomic E-state index is 0.00943. The van der Waals surface area contributed by atoms with E-state index in [2.05, 4.69) is 5.32 Å². The molecule has 13 heavy (non-hydrogen) atoms. The molecule has 0 aliphatic rings. The maximum Gasteiger partial charge on any atom is 0.235 e. The maximum atomic E-state index is 10.8. The lowest BCUT2D eigenvalue weighted by Gasteiger charge is -2.01. The Hall–Kier alpha value is -1.11. The lowest BCUT2D eigenvalue weighted by molar-refractivity contribution is -0.119. The van der Waals surface area contributed by atoms with Gasteiger partial charge < -0.3 is 11.1 Å². The molecule has 0 aromatic heterocycles. The van der Waals surface area contributed by atoms with Crippen molar-refractivity contribution in [3.05, 3.63) is 0 Å². The van der Waals surface area contributed by atoms with Gasteiger partial charge in [-0.2, -0.15) is 0 Å². The number of rotatable bonds is 5. The minimum Gasteiger partial charge on any atom is -0.370 e. The number of primary amides is 1. The zero-order valence-electron chi connectivity index (χ0n) is 7.24. The third-order valence-corrected chi connectivity index (χ3v) is 1.87. The molecule has 6 nitrogen and oxygen atoms in total. The van der Waals surface area contributed by atoms with Crippen molar-refractivity contribution in [2.24, 2.45) is 5.73 Å². The molecule has 0 bridgehead atoms. The van der Waals surface area contributed by atoms with Crippen LogP contribution in [0.15, 0.2) is 0 Å². The van der Waals surface area contributed by atoms with Crippen molar-refractivity contribution in [3.8, 4) is 0 Å². The Morgan fingerprint density at radius 3 is 2.31 bits per heavy atom. The molecule has 0 aliphatic carbocycles. The van der Waals surface area contributed by atoms with Gasteiger partial charge in [0.1, 0.15) is 5.75 Å². The molecule has 2 amide bonds. The third-order valence-electron chi connectivity index (χ3n) is 1.09. The van der Waals surface area contributed by atoms with Crippen LogP contribution in [0.4, 0.5) is 0 Å². The van der Waals surface area contributed by atoms with E-state index in [4.69, 9.17) is 5.73 Å². The van der Waals surface area contributed by atoms with E-state index in [1.165, 1.54) is 0 Å². The second-order valence-electron chi connectivity index (χ2n) is 2.64. The van der Waals surface area contributed by atoms with Gasteiger partial charge in [-0.05, 0) is 0 Å². The van der Waals surface area contributed by atoms with Gasteiger partial charge in [0.2, 0.25) is 11.8 Å². The van der Waals surface area contributed by atoms with Gasteiger partial charge >= 0.3 is 0 Å². The zero-order valence-corrected chi connectivity index (χ0v) is 8.06. The highest BCUT2D eigenvalue weighted by Crippen LogP contribution is 1.82. The number of hydrogen-bond acceptors (Lipinski definition) is 4. The molecule has 0 aromatic rings. The van der Waals surface area contributed by atoms with Gasteiger partial charge in [0.15, 0.2) is 9.84 Å². The fraction of sp³-hybridized carbons (Fsp3) is 0.667. The number of carbonyl (C=O) groups excluding carboxylic acids is 2. The predicted octanol–water partition coefficient (Wildman–Crippen LogP) is -1.98. The van der Waals surface area contributed by atoms with E-state index < -0.39 is 27.4 Å². The standard InChI is InChI=1S/C6H12N2O4S/c1-13(11,12)4-6(10)8-3-2-5(7)9/h2-4H2,1H3,(H2,7,9)(H,8,10). The van der Waals surface area contributed by atoms with E-state index in [9.17, 15) is 18.0 Å². The Morgan fingerprint density at radius 2 is 1.92 bits per heavy atom. The molecule has 0 aromatic carbocycles. The average Bonchev–Trinajstić information content (AvgIpc) is 1.81.